The van der Waals surface area contributed by atoms with Gasteiger partial charge in [0.1, 0.15) is 6.54 Å². The fourth-order valence-electron chi connectivity index (χ4n) is 3.67. The number of hydrogen-bond acceptors (Lipinski definition) is 6. The Hall–Kier alpha value is -4.66. The Bertz CT molecular complexity index is 1400. The van der Waals surface area contributed by atoms with Gasteiger partial charge in [0.25, 0.3) is 11.8 Å². The average molecular weight is 473 g/mol. The lowest BCUT2D eigenvalue weighted by Gasteiger charge is -2.09. The Kier molecular flexibility index (Phi) is 7.06. The molecule has 0 radical (unpaired) electrons. The van der Waals surface area contributed by atoms with E-state index >= 15 is 0 Å². The molecule has 2 N–H and O–H groups in total. The molecule has 0 unspecified atom stereocenters. The molecule has 178 valence electrons. The van der Waals surface area contributed by atoms with Gasteiger partial charge in [-0.25, -0.2) is 0 Å². The minimum Gasteiger partial charge on any atom is -0.493 e. The molecule has 4 aromatic rings. The molecule has 0 spiro atoms. The minimum absolute atomic E-state index is 0.0963. The number of amides is 2. The summed E-state index contributed by atoms with van der Waals surface area (Å²) in [5.41, 5.74) is 2.25. The SMILES string of the molecule is COc1ccc(C(=O)NCC(=O)N=Nc2c(O)n(Cc3ccccc3)c3ccccc23)cc1OC. The Morgan fingerprint density at radius 1 is 0.943 bits per heavy atom. The maximum absolute atomic E-state index is 12.4. The van der Waals surface area contributed by atoms with Crippen LogP contribution in [0.25, 0.3) is 10.9 Å². The molecular weight excluding hydrogens is 448 g/mol. The standard InChI is InChI=1S/C26H24N4O5/c1-34-21-13-12-18(14-22(21)35-2)25(32)27-15-23(31)28-29-24-19-10-6-7-11-20(19)30(26(24)33)16-17-8-4-3-5-9-17/h3-14,33H,15-16H2,1-2H3,(H,27,32). The predicted octanol–water partition coefficient (Wildman–Crippen LogP) is 4.45. The second-order valence-electron chi connectivity index (χ2n) is 7.61. The van der Waals surface area contributed by atoms with Gasteiger partial charge in [-0.2, -0.15) is 0 Å². The van der Waals surface area contributed by atoms with Gasteiger partial charge in [-0.1, -0.05) is 48.5 Å². The van der Waals surface area contributed by atoms with Crippen molar-refractivity contribution in [1.82, 2.24) is 9.88 Å². The first-order valence-electron chi connectivity index (χ1n) is 10.8. The zero-order chi connectivity index (χ0) is 24.8. The summed E-state index contributed by atoms with van der Waals surface area (Å²) < 4.78 is 12.1. The molecule has 0 saturated heterocycles. The van der Waals surface area contributed by atoms with Crippen molar-refractivity contribution in [1.29, 1.82) is 0 Å². The fourth-order valence-corrected chi connectivity index (χ4v) is 3.67. The van der Waals surface area contributed by atoms with E-state index in [4.69, 9.17) is 9.47 Å². The summed E-state index contributed by atoms with van der Waals surface area (Å²) in [7, 11) is 2.97. The highest BCUT2D eigenvalue weighted by atomic mass is 16.5. The quantitative estimate of drug-likeness (QED) is 0.368. The summed E-state index contributed by atoms with van der Waals surface area (Å²) in [5, 5.41) is 21.7. The van der Waals surface area contributed by atoms with Gasteiger partial charge in [0.05, 0.1) is 26.3 Å². The average Bonchev–Trinajstić information content (AvgIpc) is 3.16. The summed E-state index contributed by atoms with van der Waals surface area (Å²) in [6.45, 7) is 0.0676. The van der Waals surface area contributed by atoms with E-state index in [-0.39, 0.29) is 18.1 Å². The number of hydrogen-bond donors (Lipinski definition) is 2. The summed E-state index contributed by atoms with van der Waals surface area (Å²) in [6, 6.07) is 21.7. The molecule has 0 bridgehead atoms. The number of carbonyl (C=O) groups excluding carboxylic acids is 2. The first kappa shape index (κ1) is 23.5. The molecule has 2 amide bonds. The third kappa shape index (κ3) is 5.14. The van der Waals surface area contributed by atoms with Crippen LogP contribution in [0.15, 0.2) is 83.0 Å². The summed E-state index contributed by atoms with van der Waals surface area (Å²) in [4.78, 5) is 24.7. The van der Waals surface area contributed by atoms with Crippen molar-refractivity contribution in [2.24, 2.45) is 10.2 Å². The first-order chi connectivity index (χ1) is 17.0. The monoisotopic (exact) mass is 472 g/mol. The highest BCUT2D eigenvalue weighted by molar-refractivity contribution is 5.97. The highest BCUT2D eigenvalue weighted by Crippen LogP contribution is 2.39. The number of aromatic hydroxyl groups is 1. The van der Waals surface area contributed by atoms with Crippen molar-refractivity contribution >= 4 is 28.4 Å². The molecule has 35 heavy (non-hydrogen) atoms. The molecule has 0 atom stereocenters. The van der Waals surface area contributed by atoms with Crippen LogP contribution >= 0.6 is 0 Å². The molecule has 1 heterocycles. The maximum Gasteiger partial charge on any atom is 0.283 e. The Balaban J connectivity index is 1.48. The first-order valence-corrected chi connectivity index (χ1v) is 10.8. The fraction of sp³-hybridized carbons (Fsp3) is 0.154. The number of rotatable bonds is 8. The highest BCUT2D eigenvalue weighted by Gasteiger charge is 2.17. The lowest BCUT2D eigenvalue weighted by Crippen LogP contribution is -2.28. The number of nitrogens with one attached hydrogen (secondary N) is 1. The minimum atomic E-state index is -0.668. The van der Waals surface area contributed by atoms with Crippen LogP contribution in [0.1, 0.15) is 15.9 Å². The molecule has 9 nitrogen and oxygen atoms in total. The Morgan fingerprint density at radius 3 is 2.40 bits per heavy atom. The number of nitrogens with zero attached hydrogens (tertiary/aromatic N) is 3. The number of para-hydroxylation sites is 1. The number of benzene rings is 3. The predicted molar refractivity (Wildman–Crippen MR) is 131 cm³/mol. The second kappa shape index (κ2) is 10.5. The number of fused-ring (bicyclic) bond motifs is 1. The van der Waals surface area contributed by atoms with Crippen molar-refractivity contribution < 1.29 is 24.2 Å². The van der Waals surface area contributed by atoms with Crippen molar-refractivity contribution in [3.8, 4) is 17.4 Å². The second-order valence-corrected chi connectivity index (χ2v) is 7.61. The van der Waals surface area contributed by atoms with Crippen LogP contribution in [0.4, 0.5) is 5.69 Å². The van der Waals surface area contributed by atoms with Crippen molar-refractivity contribution in [3.05, 3.63) is 83.9 Å². The molecule has 0 aliphatic rings. The van der Waals surface area contributed by atoms with Gasteiger partial charge in [-0.3, -0.25) is 9.59 Å². The van der Waals surface area contributed by atoms with E-state index in [2.05, 4.69) is 15.5 Å². The molecule has 3 aromatic carbocycles. The Morgan fingerprint density at radius 2 is 1.66 bits per heavy atom. The van der Waals surface area contributed by atoms with Crippen molar-refractivity contribution in [2.45, 2.75) is 6.54 Å². The van der Waals surface area contributed by atoms with Gasteiger partial charge in [-0.15, -0.1) is 10.2 Å². The lowest BCUT2D eigenvalue weighted by molar-refractivity contribution is -0.117. The third-order valence-electron chi connectivity index (χ3n) is 5.41. The third-order valence-corrected chi connectivity index (χ3v) is 5.41. The number of methoxy groups -OCH3 is 2. The Labute approximate surface area is 201 Å². The van der Waals surface area contributed by atoms with Gasteiger partial charge < -0.3 is 24.5 Å². The molecule has 4 rings (SSSR count). The van der Waals surface area contributed by atoms with Crippen LogP contribution in [0.3, 0.4) is 0 Å². The van der Waals surface area contributed by atoms with E-state index in [9.17, 15) is 14.7 Å². The topological polar surface area (TPSA) is 115 Å². The van der Waals surface area contributed by atoms with E-state index in [0.29, 0.717) is 29.0 Å². The normalized spacial score (nSPS) is 11.0. The zero-order valence-corrected chi connectivity index (χ0v) is 19.3. The van der Waals surface area contributed by atoms with Gasteiger partial charge in [0, 0.05) is 10.9 Å². The molecule has 0 aliphatic heterocycles. The van der Waals surface area contributed by atoms with Crippen LogP contribution in [0.2, 0.25) is 0 Å². The van der Waals surface area contributed by atoms with Gasteiger partial charge in [0.15, 0.2) is 17.2 Å². The van der Waals surface area contributed by atoms with E-state index < -0.39 is 11.8 Å². The summed E-state index contributed by atoms with van der Waals surface area (Å²) >= 11 is 0. The van der Waals surface area contributed by atoms with Crippen LogP contribution in [-0.2, 0) is 11.3 Å². The smallest absolute Gasteiger partial charge is 0.283 e. The van der Waals surface area contributed by atoms with Crippen LogP contribution < -0.4 is 14.8 Å². The summed E-state index contributed by atoms with van der Waals surface area (Å²) in [5.74, 6) is -0.357. The van der Waals surface area contributed by atoms with Gasteiger partial charge >= 0.3 is 0 Å². The molecular formula is C26H24N4O5. The van der Waals surface area contributed by atoms with E-state index in [0.717, 1.165) is 11.1 Å². The maximum atomic E-state index is 12.4. The van der Waals surface area contributed by atoms with Crippen molar-refractivity contribution in [3.63, 3.8) is 0 Å². The van der Waals surface area contributed by atoms with Crippen LogP contribution in [0, 0.1) is 0 Å². The molecule has 0 aliphatic carbocycles. The molecule has 1 aromatic heterocycles. The number of aromatic nitrogens is 1. The molecule has 9 heteroatoms. The number of azo groups is 1. The molecule has 0 saturated carbocycles. The zero-order valence-electron chi connectivity index (χ0n) is 19.3. The number of carbonyl (C=O) groups is 2. The molecule has 0 fully saturated rings. The van der Waals surface area contributed by atoms with Gasteiger partial charge in [-0.05, 0) is 29.8 Å². The van der Waals surface area contributed by atoms with Crippen molar-refractivity contribution in [2.75, 3.05) is 20.8 Å². The van der Waals surface area contributed by atoms with E-state index in [1.54, 1.807) is 22.8 Å². The summed E-state index contributed by atoms with van der Waals surface area (Å²) in [6.07, 6.45) is 0. The largest absolute Gasteiger partial charge is 0.493 e. The van der Waals surface area contributed by atoms with Gasteiger partial charge in [0.2, 0.25) is 5.88 Å². The lowest BCUT2D eigenvalue weighted by atomic mass is 10.2. The number of ether oxygens (including phenoxy) is 2. The van der Waals surface area contributed by atoms with E-state index in [1.165, 1.54) is 20.3 Å². The van der Waals surface area contributed by atoms with E-state index in [1.807, 2.05) is 48.5 Å². The van der Waals surface area contributed by atoms with Crippen LogP contribution in [0.5, 0.6) is 17.4 Å². The van der Waals surface area contributed by atoms with Crippen LogP contribution in [-0.4, -0.2) is 42.3 Å².